The number of rotatable bonds is 10. The molecule has 3 rings (SSSR count). The lowest BCUT2D eigenvalue weighted by atomic mass is 10.2. The van der Waals surface area contributed by atoms with Gasteiger partial charge in [0, 0.05) is 24.1 Å². The van der Waals surface area contributed by atoms with Crippen LogP contribution in [0.2, 0.25) is 0 Å². The first-order valence-electron chi connectivity index (χ1n) is 10.4. The first-order chi connectivity index (χ1) is 16.1. The van der Waals surface area contributed by atoms with Gasteiger partial charge < -0.3 is 14.8 Å². The van der Waals surface area contributed by atoms with Gasteiger partial charge in [-0.3, -0.25) is 25.2 Å². The smallest absolute Gasteiger partial charge is 0.269 e. The summed E-state index contributed by atoms with van der Waals surface area (Å²) >= 11 is 0. The second kappa shape index (κ2) is 12.5. The number of para-hydroxylation sites is 2. The molecule has 0 heterocycles. The Morgan fingerprint density at radius 1 is 0.606 bits per heavy atom. The average Bonchev–Trinajstić information content (AvgIpc) is 2.85. The van der Waals surface area contributed by atoms with Crippen molar-refractivity contribution < 1.29 is 23.9 Å². The van der Waals surface area contributed by atoms with Crippen molar-refractivity contribution in [1.82, 2.24) is 10.9 Å². The predicted octanol–water partition coefficient (Wildman–Crippen LogP) is 3.32. The number of ether oxygens (including phenoxy) is 2. The summed E-state index contributed by atoms with van der Waals surface area (Å²) in [4.78, 5) is 36.0. The molecular formula is C25H25N3O5. The molecule has 3 aromatic carbocycles. The van der Waals surface area contributed by atoms with Gasteiger partial charge in [-0.1, -0.05) is 36.4 Å². The molecule has 0 unspecified atom stereocenters. The average molecular weight is 447 g/mol. The fourth-order valence-corrected chi connectivity index (χ4v) is 2.77. The first-order valence-corrected chi connectivity index (χ1v) is 10.4. The molecule has 0 radical (unpaired) electrons. The SMILES string of the molecule is O=C(CCC(=O)Nc1ccccc1)NNC(=O)c1ccc(OCCOc2ccccc2)cc1. The maximum atomic E-state index is 12.2. The van der Waals surface area contributed by atoms with Gasteiger partial charge in [0.1, 0.15) is 24.7 Å². The molecule has 0 aliphatic rings. The van der Waals surface area contributed by atoms with Crippen molar-refractivity contribution >= 4 is 23.4 Å². The zero-order valence-corrected chi connectivity index (χ0v) is 18.0. The fraction of sp³-hybridized carbons (Fsp3) is 0.160. The molecule has 33 heavy (non-hydrogen) atoms. The van der Waals surface area contributed by atoms with Gasteiger partial charge in [-0.2, -0.15) is 0 Å². The number of nitrogens with one attached hydrogen (secondary N) is 3. The minimum absolute atomic E-state index is 0.00335. The Bertz CT molecular complexity index is 1040. The Balaban J connectivity index is 1.32. The fourth-order valence-electron chi connectivity index (χ4n) is 2.77. The Morgan fingerprint density at radius 2 is 1.15 bits per heavy atom. The molecule has 8 heteroatoms. The van der Waals surface area contributed by atoms with Crippen molar-refractivity contribution in [1.29, 1.82) is 0 Å². The number of hydrazine groups is 1. The van der Waals surface area contributed by atoms with Crippen LogP contribution >= 0.6 is 0 Å². The largest absolute Gasteiger partial charge is 0.490 e. The van der Waals surface area contributed by atoms with Crippen LogP contribution in [0.4, 0.5) is 5.69 Å². The van der Waals surface area contributed by atoms with E-state index in [9.17, 15) is 14.4 Å². The quantitative estimate of drug-likeness (QED) is 0.327. The van der Waals surface area contributed by atoms with Gasteiger partial charge in [-0.05, 0) is 48.5 Å². The minimum Gasteiger partial charge on any atom is -0.490 e. The second-order valence-electron chi connectivity index (χ2n) is 6.95. The van der Waals surface area contributed by atoms with E-state index in [0.29, 0.717) is 30.2 Å². The summed E-state index contributed by atoms with van der Waals surface area (Å²) in [5.41, 5.74) is 5.65. The van der Waals surface area contributed by atoms with Crippen molar-refractivity contribution in [2.75, 3.05) is 18.5 Å². The van der Waals surface area contributed by atoms with E-state index in [-0.39, 0.29) is 18.7 Å². The number of hydrogen-bond donors (Lipinski definition) is 3. The summed E-state index contributed by atoms with van der Waals surface area (Å²) < 4.78 is 11.1. The van der Waals surface area contributed by atoms with E-state index < -0.39 is 11.8 Å². The Morgan fingerprint density at radius 3 is 1.79 bits per heavy atom. The number of hydrogen-bond acceptors (Lipinski definition) is 5. The van der Waals surface area contributed by atoms with Crippen LogP contribution in [0.25, 0.3) is 0 Å². The van der Waals surface area contributed by atoms with Crippen molar-refractivity contribution in [3.8, 4) is 11.5 Å². The summed E-state index contributed by atoms with van der Waals surface area (Å²) in [5, 5.41) is 2.69. The number of carbonyl (C=O) groups excluding carboxylic acids is 3. The summed E-state index contributed by atoms with van der Waals surface area (Å²) in [5.74, 6) is 0.136. The predicted molar refractivity (Wildman–Crippen MR) is 124 cm³/mol. The summed E-state index contributed by atoms with van der Waals surface area (Å²) in [7, 11) is 0. The highest BCUT2D eigenvalue weighted by Crippen LogP contribution is 2.13. The molecule has 0 aliphatic carbocycles. The van der Waals surface area contributed by atoms with E-state index in [1.807, 2.05) is 36.4 Å². The van der Waals surface area contributed by atoms with Gasteiger partial charge in [-0.15, -0.1) is 0 Å². The van der Waals surface area contributed by atoms with Crippen LogP contribution < -0.4 is 25.6 Å². The molecule has 0 aliphatic heterocycles. The molecule has 0 spiro atoms. The van der Waals surface area contributed by atoms with Crippen LogP contribution in [0, 0.1) is 0 Å². The van der Waals surface area contributed by atoms with Crippen molar-refractivity contribution in [3.05, 3.63) is 90.5 Å². The maximum Gasteiger partial charge on any atom is 0.269 e. The molecule has 0 atom stereocenters. The third-order valence-electron chi connectivity index (χ3n) is 4.43. The topological polar surface area (TPSA) is 106 Å². The van der Waals surface area contributed by atoms with Crippen molar-refractivity contribution in [2.45, 2.75) is 12.8 Å². The van der Waals surface area contributed by atoms with Gasteiger partial charge in [0.05, 0.1) is 0 Å². The highest BCUT2D eigenvalue weighted by molar-refractivity contribution is 5.96. The monoisotopic (exact) mass is 447 g/mol. The molecule has 3 amide bonds. The lowest BCUT2D eigenvalue weighted by molar-refractivity contribution is -0.124. The van der Waals surface area contributed by atoms with Crippen molar-refractivity contribution in [3.63, 3.8) is 0 Å². The Hall–Kier alpha value is -4.33. The van der Waals surface area contributed by atoms with Gasteiger partial charge in [0.25, 0.3) is 5.91 Å². The lowest BCUT2D eigenvalue weighted by Gasteiger charge is -2.10. The highest BCUT2D eigenvalue weighted by Gasteiger charge is 2.10. The summed E-state index contributed by atoms with van der Waals surface area (Å²) in [6.45, 7) is 0.746. The van der Waals surface area contributed by atoms with Gasteiger partial charge >= 0.3 is 0 Å². The van der Waals surface area contributed by atoms with Crippen LogP contribution in [-0.4, -0.2) is 30.9 Å². The van der Waals surface area contributed by atoms with Crippen LogP contribution in [0.15, 0.2) is 84.9 Å². The minimum atomic E-state index is -0.476. The van der Waals surface area contributed by atoms with Crippen LogP contribution in [-0.2, 0) is 9.59 Å². The number of benzene rings is 3. The normalized spacial score (nSPS) is 10.1. The van der Waals surface area contributed by atoms with Gasteiger partial charge in [0.2, 0.25) is 11.8 Å². The lowest BCUT2D eigenvalue weighted by Crippen LogP contribution is -2.41. The van der Waals surface area contributed by atoms with Gasteiger partial charge in [-0.25, -0.2) is 0 Å². The Kier molecular flexibility index (Phi) is 8.84. The first kappa shape index (κ1) is 23.3. The zero-order valence-electron chi connectivity index (χ0n) is 18.0. The zero-order chi connectivity index (χ0) is 23.3. The van der Waals surface area contributed by atoms with Crippen LogP contribution in [0.5, 0.6) is 11.5 Å². The molecule has 8 nitrogen and oxygen atoms in total. The standard InChI is InChI=1S/C25H25N3O5/c29-23(26-20-7-3-1-4-8-20)15-16-24(30)27-28-25(31)19-11-13-22(14-12-19)33-18-17-32-21-9-5-2-6-10-21/h1-14H,15-18H2,(H,26,29)(H,27,30)(H,28,31). The molecule has 3 aromatic rings. The van der Waals surface area contributed by atoms with E-state index in [0.717, 1.165) is 5.75 Å². The molecule has 0 saturated carbocycles. The van der Waals surface area contributed by atoms with Gasteiger partial charge in [0.15, 0.2) is 0 Å². The van der Waals surface area contributed by atoms with E-state index in [1.54, 1.807) is 48.5 Å². The van der Waals surface area contributed by atoms with Crippen LogP contribution in [0.3, 0.4) is 0 Å². The Labute approximate surface area is 191 Å². The van der Waals surface area contributed by atoms with Crippen molar-refractivity contribution in [2.24, 2.45) is 0 Å². The van der Waals surface area contributed by atoms with E-state index in [4.69, 9.17) is 9.47 Å². The maximum absolute atomic E-state index is 12.2. The molecule has 0 fully saturated rings. The highest BCUT2D eigenvalue weighted by atomic mass is 16.5. The number of anilines is 1. The second-order valence-corrected chi connectivity index (χ2v) is 6.95. The molecule has 0 bridgehead atoms. The van der Waals surface area contributed by atoms with Crippen LogP contribution in [0.1, 0.15) is 23.2 Å². The summed E-state index contributed by atoms with van der Waals surface area (Å²) in [6.07, 6.45) is -0.0621. The molecule has 3 N–H and O–H groups in total. The third kappa shape index (κ3) is 8.37. The van der Waals surface area contributed by atoms with E-state index >= 15 is 0 Å². The molecule has 0 saturated heterocycles. The summed E-state index contributed by atoms with van der Waals surface area (Å²) in [6, 6.07) is 24.9. The number of carbonyl (C=O) groups is 3. The van der Waals surface area contributed by atoms with E-state index in [2.05, 4.69) is 16.2 Å². The molecule has 170 valence electrons. The molecule has 0 aromatic heterocycles. The number of amides is 3. The molecular weight excluding hydrogens is 422 g/mol. The third-order valence-corrected chi connectivity index (χ3v) is 4.43. The van der Waals surface area contributed by atoms with E-state index in [1.165, 1.54) is 0 Å².